The highest BCUT2D eigenvalue weighted by atomic mass is 35.5. The van der Waals surface area contributed by atoms with Crippen molar-refractivity contribution in [1.82, 2.24) is 0 Å². The summed E-state index contributed by atoms with van der Waals surface area (Å²) in [6, 6.07) is 0. The molecule has 6 heteroatoms. The molecule has 0 bridgehead atoms. The highest BCUT2D eigenvalue weighted by molar-refractivity contribution is 8.00. The van der Waals surface area contributed by atoms with Gasteiger partial charge in [-0.3, -0.25) is 9.59 Å². The summed E-state index contributed by atoms with van der Waals surface area (Å²) in [4.78, 5) is 30.1. The Morgan fingerprint density at radius 1 is 1.41 bits per heavy atom. The number of hydrogen-bond acceptors (Lipinski definition) is 5. The lowest BCUT2D eigenvalue weighted by atomic mass is 9.75. The average Bonchev–Trinajstić information content (AvgIpc) is 3.30. The summed E-state index contributed by atoms with van der Waals surface area (Å²) in [7, 11) is 0. The standard InChI is InChI=1S/C16H22ClNO3S/c1-3-12(18-21-8-4-7-17)15-13(19)9-11(10-14(15)20)16(22-2)5-6-16/h4,7,11,15H,3,5-6,8-10H2,1-2H3/b7-4+,18-12?. The molecule has 0 heterocycles. The van der Waals surface area contributed by atoms with Crippen LogP contribution in [-0.2, 0) is 14.4 Å². The van der Waals surface area contributed by atoms with Crippen LogP contribution in [0.2, 0.25) is 0 Å². The van der Waals surface area contributed by atoms with Crippen molar-refractivity contribution in [1.29, 1.82) is 0 Å². The van der Waals surface area contributed by atoms with Gasteiger partial charge < -0.3 is 4.84 Å². The summed E-state index contributed by atoms with van der Waals surface area (Å²) in [6.07, 6.45) is 7.42. The number of carbonyl (C=O) groups is 2. The van der Waals surface area contributed by atoms with E-state index in [1.807, 2.05) is 6.92 Å². The number of halogens is 1. The number of hydrogen-bond donors (Lipinski definition) is 0. The Morgan fingerprint density at radius 2 is 2.05 bits per heavy atom. The van der Waals surface area contributed by atoms with E-state index in [1.165, 1.54) is 5.54 Å². The summed E-state index contributed by atoms with van der Waals surface area (Å²) in [5, 5.41) is 3.99. The SMILES string of the molecule is CCC(=NOC/C=C/Cl)C1C(=O)CC(C2(SC)CC2)CC1=O. The Labute approximate surface area is 140 Å². The second-order valence-corrected chi connectivity index (χ2v) is 7.31. The van der Waals surface area contributed by atoms with Crippen LogP contribution < -0.4 is 0 Å². The van der Waals surface area contributed by atoms with Gasteiger partial charge in [0, 0.05) is 23.1 Å². The molecule has 0 atom stereocenters. The first-order chi connectivity index (χ1) is 10.6. The molecule has 0 N–H and O–H groups in total. The van der Waals surface area contributed by atoms with E-state index in [1.54, 1.807) is 17.8 Å². The summed E-state index contributed by atoms with van der Waals surface area (Å²) < 4.78 is 0.168. The number of ketones is 2. The molecule has 0 spiro atoms. The van der Waals surface area contributed by atoms with Gasteiger partial charge in [0.2, 0.25) is 0 Å². The maximum atomic E-state index is 12.5. The van der Waals surface area contributed by atoms with Crippen molar-refractivity contribution < 1.29 is 14.4 Å². The molecule has 0 aromatic carbocycles. The number of nitrogens with zero attached hydrogens (tertiary/aromatic N) is 1. The Morgan fingerprint density at radius 3 is 2.50 bits per heavy atom. The quantitative estimate of drug-likeness (QED) is 0.307. The molecule has 22 heavy (non-hydrogen) atoms. The predicted molar refractivity (Wildman–Crippen MR) is 90.4 cm³/mol. The van der Waals surface area contributed by atoms with Crippen LogP contribution in [0.4, 0.5) is 0 Å². The Hall–Kier alpha value is -0.810. The number of Topliss-reactive ketones (excluding diaryl/α,β-unsaturated/α-hetero) is 2. The minimum atomic E-state index is -0.709. The summed E-state index contributed by atoms with van der Waals surface area (Å²) in [5.41, 5.74) is 1.88. The van der Waals surface area contributed by atoms with Crippen LogP contribution in [-0.4, -0.2) is 34.9 Å². The van der Waals surface area contributed by atoms with E-state index < -0.39 is 5.92 Å². The first-order valence-electron chi connectivity index (χ1n) is 7.62. The Kier molecular flexibility index (Phi) is 6.09. The lowest BCUT2D eigenvalue weighted by Crippen LogP contribution is -2.41. The van der Waals surface area contributed by atoms with Gasteiger partial charge in [-0.25, -0.2) is 0 Å². The van der Waals surface area contributed by atoms with Gasteiger partial charge in [-0.1, -0.05) is 23.7 Å². The number of rotatable bonds is 7. The van der Waals surface area contributed by atoms with Crippen LogP contribution in [0.3, 0.4) is 0 Å². The highest BCUT2D eigenvalue weighted by Crippen LogP contribution is 2.56. The lowest BCUT2D eigenvalue weighted by molar-refractivity contribution is -0.134. The average molecular weight is 344 g/mol. The van der Waals surface area contributed by atoms with Crippen LogP contribution in [0.25, 0.3) is 0 Å². The third-order valence-electron chi connectivity index (χ3n) is 4.57. The topological polar surface area (TPSA) is 55.7 Å². The van der Waals surface area contributed by atoms with Gasteiger partial charge in [0.15, 0.2) is 0 Å². The zero-order valence-electron chi connectivity index (χ0n) is 13.0. The van der Waals surface area contributed by atoms with Crippen LogP contribution in [0.15, 0.2) is 16.8 Å². The fraction of sp³-hybridized carbons (Fsp3) is 0.688. The van der Waals surface area contributed by atoms with Gasteiger partial charge in [0.25, 0.3) is 0 Å². The van der Waals surface area contributed by atoms with Crippen molar-refractivity contribution in [2.75, 3.05) is 12.9 Å². The van der Waals surface area contributed by atoms with Gasteiger partial charge in [-0.2, -0.15) is 11.8 Å². The fourth-order valence-corrected chi connectivity index (χ4v) is 4.22. The minimum Gasteiger partial charge on any atom is -0.392 e. The van der Waals surface area contributed by atoms with E-state index in [0.29, 0.717) is 25.0 Å². The van der Waals surface area contributed by atoms with Crippen molar-refractivity contribution in [2.45, 2.75) is 43.8 Å². The molecule has 122 valence electrons. The van der Waals surface area contributed by atoms with E-state index in [4.69, 9.17) is 16.4 Å². The maximum absolute atomic E-state index is 12.5. The first kappa shape index (κ1) is 17.5. The maximum Gasteiger partial charge on any atom is 0.149 e. The number of thioether (sulfide) groups is 1. The lowest BCUT2D eigenvalue weighted by Gasteiger charge is -2.31. The molecule has 2 saturated carbocycles. The fourth-order valence-electron chi connectivity index (χ4n) is 3.14. The highest BCUT2D eigenvalue weighted by Gasteiger charge is 2.53. The van der Waals surface area contributed by atoms with Crippen LogP contribution in [0, 0.1) is 11.8 Å². The molecule has 0 amide bonds. The van der Waals surface area contributed by atoms with Crippen molar-refractivity contribution in [2.24, 2.45) is 17.0 Å². The van der Waals surface area contributed by atoms with E-state index in [0.717, 1.165) is 12.8 Å². The number of carbonyl (C=O) groups excluding carboxylic acids is 2. The molecular weight excluding hydrogens is 322 g/mol. The largest absolute Gasteiger partial charge is 0.392 e. The van der Waals surface area contributed by atoms with Crippen molar-refractivity contribution >= 4 is 40.6 Å². The molecule has 2 aliphatic carbocycles. The molecule has 0 saturated heterocycles. The second-order valence-electron chi connectivity index (χ2n) is 5.83. The molecule has 0 aromatic heterocycles. The van der Waals surface area contributed by atoms with Crippen LogP contribution in [0.5, 0.6) is 0 Å². The van der Waals surface area contributed by atoms with E-state index in [9.17, 15) is 9.59 Å². The van der Waals surface area contributed by atoms with Gasteiger partial charge in [-0.15, -0.1) is 0 Å². The summed E-state index contributed by atoms with van der Waals surface area (Å²) in [6.45, 7) is 2.12. The van der Waals surface area contributed by atoms with E-state index >= 15 is 0 Å². The van der Waals surface area contributed by atoms with Crippen LogP contribution >= 0.6 is 23.4 Å². The van der Waals surface area contributed by atoms with Crippen molar-refractivity contribution in [3.63, 3.8) is 0 Å². The molecule has 2 aliphatic rings. The predicted octanol–water partition coefficient (Wildman–Crippen LogP) is 3.58. The summed E-state index contributed by atoms with van der Waals surface area (Å²) in [5.74, 6) is -0.520. The molecular formula is C16H22ClNO3S. The molecule has 4 nitrogen and oxygen atoms in total. The van der Waals surface area contributed by atoms with Gasteiger partial charge >= 0.3 is 0 Å². The Balaban J connectivity index is 2.05. The molecule has 0 radical (unpaired) electrons. The molecule has 2 fully saturated rings. The second kappa shape index (κ2) is 7.64. The van der Waals surface area contributed by atoms with E-state index in [-0.39, 0.29) is 28.8 Å². The molecule has 0 aromatic rings. The van der Waals surface area contributed by atoms with Crippen molar-refractivity contribution in [3.05, 3.63) is 11.6 Å². The molecule has 2 rings (SSSR count). The minimum absolute atomic E-state index is 0.00124. The monoisotopic (exact) mass is 343 g/mol. The zero-order chi connectivity index (χ0) is 16.2. The number of oxime groups is 1. The van der Waals surface area contributed by atoms with Gasteiger partial charge in [-0.05, 0) is 37.5 Å². The zero-order valence-corrected chi connectivity index (χ0v) is 14.6. The van der Waals surface area contributed by atoms with Crippen molar-refractivity contribution in [3.8, 4) is 0 Å². The van der Waals surface area contributed by atoms with E-state index in [2.05, 4.69) is 11.4 Å². The third kappa shape index (κ3) is 3.74. The Bertz CT molecular complexity index is 482. The van der Waals surface area contributed by atoms with Gasteiger partial charge in [0.05, 0.1) is 5.71 Å². The smallest absolute Gasteiger partial charge is 0.149 e. The molecule has 0 aliphatic heterocycles. The molecule has 0 unspecified atom stereocenters. The third-order valence-corrected chi connectivity index (χ3v) is 6.30. The summed E-state index contributed by atoms with van der Waals surface area (Å²) >= 11 is 7.21. The van der Waals surface area contributed by atoms with Gasteiger partial charge in [0.1, 0.15) is 24.1 Å². The first-order valence-corrected chi connectivity index (χ1v) is 9.28. The normalized spacial score (nSPS) is 28.2. The van der Waals surface area contributed by atoms with Crippen LogP contribution in [0.1, 0.15) is 39.0 Å².